The van der Waals surface area contributed by atoms with Crippen LogP contribution in [0.25, 0.3) is 0 Å². The Morgan fingerprint density at radius 2 is 2.00 bits per heavy atom. The topological polar surface area (TPSA) is 101 Å². The van der Waals surface area contributed by atoms with Crippen LogP contribution in [0.4, 0.5) is 0 Å². The average molecular weight is 472 g/mol. The number of hydrazone groups is 1. The van der Waals surface area contributed by atoms with Crippen LogP contribution in [0.15, 0.2) is 62.9 Å². The number of thiophene rings is 2. The molecule has 0 aliphatic carbocycles. The molecular formula is C22H21N3O5S2. The van der Waals surface area contributed by atoms with E-state index in [1.54, 1.807) is 41.9 Å². The minimum absolute atomic E-state index is 0.101. The summed E-state index contributed by atoms with van der Waals surface area (Å²) < 4.78 is 10.6. The molecule has 1 N–H and O–H groups in total. The van der Waals surface area contributed by atoms with Crippen molar-refractivity contribution in [2.75, 3.05) is 13.2 Å². The molecule has 166 valence electrons. The summed E-state index contributed by atoms with van der Waals surface area (Å²) in [6, 6.07) is 10.6. The van der Waals surface area contributed by atoms with E-state index in [2.05, 4.69) is 10.4 Å². The Labute approximate surface area is 192 Å². The first-order valence-corrected chi connectivity index (χ1v) is 11.8. The van der Waals surface area contributed by atoms with E-state index >= 15 is 0 Å². The zero-order chi connectivity index (χ0) is 22.3. The van der Waals surface area contributed by atoms with E-state index in [-0.39, 0.29) is 18.4 Å². The fraction of sp³-hybridized carbons (Fsp3) is 0.273. The van der Waals surface area contributed by atoms with Crippen LogP contribution in [-0.2, 0) is 14.3 Å². The quantitative estimate of drug-likeness (QED) is 0.378. The third-order valence-electron chi connectivity index (χ3n) is 4.79. The van der Waals surface area contributed by atoms with Crippen molar-refractivity contribution in [3.8, 4) is 0 Å². The number of ether oxygens (including phenoxy) is 1. The predicted molar refractivity (Wildman–Crippen MR) is 121 cm³/mol. The van der Waals surface area contributed by atoms with Crippen molar-refractivity contribution in [1.29, 1.82) is 0 Å². The molecule has 3 aromatic heterocycles. The lowest BCUT2D eigenvalue weighted by atomic mass is 10.1. The first-order valence-electron chi connectivity index (χ1n) is 10.1. The van der Waals surface area contributed by atoms with Gasteiger partial charge in [0.15, 0.2) is 6.61 Å². The van der Waals surface area contributed by atoms with Gasteiger partial charge in [-0.1, -0.05) is 12.1 Å². The molecule has 1 unspecified atom stereocenters. The highest BCUT2D eigenvalue weighted by atomic mass is 32.1. The van der Waals surface area contributed by atoms with Crippen molar-refractivity contribution in [2.45, 2.75) is 25.3 Å². The lowest BCUT2D eigenvalue weighted by Gasteiger charge is -2.19. The molecule has 0 radical (unpaired) electrons. The Balaban J connectivity index is 1.26. The van der Waals surface area contributed by atoms with Crippen molar-refractivity contribution >= 4 is 46.2 Å². The minimum Gasteiger partial charge on any atom is -0.467 e. The molecule has 1 atom stereocenters. The molecule has 3 aromatic rings. The molecule has 2 amide bonds. The van der Waals surface area contributed by atoms with Gasteiger partial charge in [0.1, 0.15) is 11.8 Å². The summed E-state index contributed by atoms with van der Waals surface area (Å²) in [5, 5.41) is 12.3. The lowest BCUT2D eigenvalue weighted by molar-refractivity contribution is -0.153. The Morgan fingerprint density at radius 3 is 2.72 bits per heavy atom. The van der Waals surface area contributed by atoms with Gasteiger partial charge in [-0.25, -0.2) is 5.01 Å². The fourth-order valence-corrected chi connectivity index (χ4v) is 4.61. The number of carbonyl (C=O) groups excluding carboxylic acids is 3. The van der Waals surface area contributed by atoms with E-state index < -0.39 is 18.5 Å². The Kier molecular flexibility index (Phi) is 7.13. The predicted octanol–water partition coefficient (Wildman–Crippen LogP) is 3.83. The van der Waals surface area contributed by atoms with Gasteiger partial charge < -0.3 is 14.5 Å². The maximum absolute atomic E-state index is 12.8. The van der Waals surface area contributed by atoms with Crippen LogP contribution in [0.3, 0.4) is 0 Å². The Hall–Kier alpha value is -3.24. The summed E-state index contributed by atoms with van der Waals surface area (Å²) in [5.74, 6) is -0.459. The summed E-state index contributed by atoms with van der Waals surface area (Å²) in [4.78, 5) is 38.3. The SMILES string of the molecule is O=C(CCCNC(=O)c1cccs1)OCC(=O)N1N=C(c2cccs2)CC1c1ccco1. The number of nitrogens with one attached hydrogen (secondary N) is 1. The number of amides is 2. The Morgan fingerprint density at radius 1 is 1.16 bits per heavy atom. The molecule has 0 saturated carbocycles. The van der Waals surface area contributed by atoms with Crippen molar-refractivity contribution in [2.24, 2.45) is 5.10 Å². The second-order valence-electron chi connectivity index (χ2n) is 7.00. The van der Waals surface area contributed by atoms with E-state index in [1.165, 1.54) is 16.3 Å². The van der Waals surface area contributed by atoms with E-state index in [1.807, 2.05) is 22.9 Å². The molecule has 4 rings (SSSR count). The summed E-state index contributed by atoms with van der Waals surface area (Å²) >= 11 is 2.90. The van der Waals surface area contributed by atoms with Gasteiger partial charge in [0.2, 0.25) is 0 Å². The first-order chi connectivity index (χ1) is 15.6. The molecule has 0 spiro atoms. The van der Waals surface area contributed by atoms with Gasteiger partial charge in [-0.3, -0.25) is 14.4 Å². The number of carbonyl (C=O) groups is 3. The van der Waals surface area contributed by atoms with Crippen LogP contribution in [0, 0.1) is 0 Å². The van der Waals surface area contributed by atoms with Gasteiger partial charge in [-0.2, -0.15) is 5.10 Å². The monoisotopic (exact) mass is 471 g/mol. The molecule has 32 heavy (non-hydrogen) atoms. The zero-order valence-electron chi connectivity index (χ0n) is 17.1. The molecular weight excluding hydrogens is 450 g/mol. The van der Waals surface area contributed by atoms with Gasteiger partial charge in [-0.15, -0.1) is 22.7 Å². The molecule has 0 saturated heterocycles. The zero-order valence-corrected chi connectivity index (χ0v) is 18.7. The average Bonchev–Trinajstić information content (AvgIpc) is 3.59. The van der Waals surface area contributed by atoms with Crippen LogP contribution in [0.5, 0.6) is 0 Å². The number of rotatable bonds is 9. The number of nitrogens with zero attached hydrogens (tertiary/aromatic N) is 2. The summed E-state index contributed by atoms with van der Waals surface area (Å²) in [5.41, 5.74) is 0.794. The van der Waals surface area contributed by atoms with E-state index in [9.17, 15) is 14.4 Å². The number of esters is 1. The number of furan rings is 1. The van der Waals surface area contributed by atoms with Crippen molar-refractivity contribution < 1.29 is 23.5 Å². The smallest absolute Gasteiger partial charge is 0.306 e. The van der Waals surface area contributed by atoms with Crippen LogP contribution in [-0.4, -0.2) is 41.7 Å². The van der Waals surface area contributed by atoms with Gasteiger partial charge in [0, 0.05) is 19.4 Å². The van der Waals surface area contributed by atoms with Crippen molar-refractivity contribution in [1.82, 2.24) is 10.3 Å². The van der Waals surface area contributed by atoms with E-state index in [4.69, 9.17) is 9.15 Å². The largest absolute Gasteiger partial charge is 0.467 e. The second-order valence-corrected chi connectivity index (χ2v) is 8.89. The van der Waals surface area contributed by atoms with Gasteiger partial charge in [-0.05, 0) is 41.4 Å². The summed E-state index contributed by atoms with van der Waals surface area (Å²) in [6.07, 6.45) is 2.60. The van der Waals surface area contributed by atoms with Crippen LogP contribution in [0.2, 0.25) is 0 Å². The Bertz CT molecular complexity index is 1080. The summed E-state index contributed by atoms with van der Waals surface area (Å²) in [6.45, 7) is -0.0558. The molecule has 0 bridgehead atoms. The molecule has 8 nitrogen and oxygen atoms in total. The van der Waals surface area contributed by atoms with E-state index in [0.29, 0.717) is 30.0 Å². The summed E-state index contributed by atoms with van der Waals surface area (Å²) in [7, 11) is 0. The van der Waals surface area contributed by atoms with Gasteiger partial charge >= 0.3 is 5.97 Å². The highest BCUT2D eigenvalue weighted by Gasteiger charge is 2.35. The van der Waals surface area contributed by atoms with E-state index in [0.717, 1.165) is 10.6 Å². The molecule has 1 aliphatic rings. The minimum atomic E-state index is -0.500. The van der Waals surface area contributed by atoms with Gasteiger partial charge in [0.25, 0.3) is 11.8 Å². The maximum Gasteiger partial charge on any atom is 0.306 e. The normalized spacial score (nSPS) is 15.4. The first kappa shape index (κ1) is 22.0. The lowest BCUT2D eigenvalue weighted by Crippen LogP contribution is -2.31. The van der Waals surface area contributed by atoms with Crippen molar-refractivity contribution in [3.05, 3.63) is 68.9 Å². The maximum atomic E-state index is 12.8. The van der Waals surface area contributed by atoms with Crippen molar-refractivity contribution in [3.63, 3.8) is 0 Å². The molecule has 10 heteroatoms. The molecule has 0 fully saturated rings. The fourth-order valence-electron chi connectivity index (χ4n) is 3.24. The number of hydrogen-bond acceptors (Lipinski definition) is 8. The third-order valence-corrected chi connectivity index (χ3v) is 6.58. The van der Waals surface area contributed by atoms with Gasteiger partial charge in [0.05, 0.1) is 21.7 Å². The third kappa shape index (κ3) is 5.32. The highest BCUT2D eigenvalue weighted by molar-refractivity contribution is 7.12. The molecule has 4 heterocycles. The highest BCUT2D eigenvalue weighted by Crippen LogP contribution is 2.34. The van der Waals surface area contributed by atoms with Crippen LogP contribution < -0.4 is 5.32 Å². The standard InChI is InChI=1S/C22H21N3O5S2/c26-20(14-30-21(27)8-1-9-23-22(28)19-7-4-12-32-19)25-16(17-5-2-10-29-17)13-15(24-25)18-6-3-11-31-18/h2-7,10-12,16H,1,8-9,13-14H2,(H,23,28). The number of hydrogen-bond donors (Lipinski definition) is 1. The molecule has 0 aromatic carbocycles. The second kappa shape index (κ2) is 10.4. The molecule has 1 aliphatic heterocycles. The van der Waals surface area contributed by atoms with Crippen LogP contribution >= 0.6 is 22.7 Å². The van der Waals surface area contributed by atoms with Crippen LogP contribution in [0.1, 0.15) is 45.6 Å².